The summed E-state index contributed by atoms with van der Waals surface area (Å²) in [6, 6.07) is 0.457. The number of likely N-dealkylation sites (tertiary alicyclic amines) is 1. The van der Waals surface area contributed by atoms with Crippen LogP contribution in [0.3, 0.4) is 0 Å². The molecular weight excluding hydrogens is 260 g/mol. The topological polar surface area (TPSA) is 33.1 Å². The molecule has 0 aromatic carbocycles. The molecule has 1 fully saturated rings. The molecule has 1 aromatic rings. The number of hydrogen-bond donors (Lipinski definition) is 1. The summed E-state index contributed by atoms with van der Waals surface area (Å²) in [6.45, 7) is 13.7. The Hall–Kier alpha value is -0.870. The predicted molar refractivity (Wildman–Crippen MR) is 88.6 cm³/mol. The highest BCUT2D eigenvalue weighted by molar-refractivity contribution is 5.04. The van der Waals surface area contributed by atoms with Gasteiger partial charge in [0.15, 0.2) is 0 Å². The van der Waals surface area contributed by atoms with Gasteiger partial charge >= 0.3 is 0 Å². The van der Waals surface area contributed by atoms with E-state index in [0.29, 0.717) is 6.04 Å². The molecule has 1 saturated heterocycles. The van der Waals surface area contributed by atoms with Crippen LogP contribution in [-0.2, 0) is 13.0 Å². The first-order valence-electron chi connectivity index (χ1n) is 8.64. The van der Waals surface area contributed by atoms with Gasteiger partial charge in [-0.25, -0.2) is 4.98 Å². The van der Waals surface area contributed by atoms with Crippen molar-refractivity contribution in [3.8, 4) is 0 Å². The average Bonchev–Trinajstić information content (AvgIpc) is 3.17. The van der Waals surface area contributed by atoms with Crippen molar-refractivity contribution in [1.82, 2.24) is 19.8 Å². The van der Waals surface area contributed by atoms with Gasteiger partial charge in [-0.3, -0.25) is 4.90 Å². The van der Waals surface area contributed by atoms with Crippen molar-refractivity contribution in [2.45, 2.75) is 71.5 Å². The largest absolute Gasteiger partial charge is 0.335 e. The lowest BCUT2D eigenvalue weighted by Crippen LogP contribution is -2.59. The minimum atomic E-state index is 0.219. The monoisotopic (exact) mass is 292 g/mol. The molecule has 4 nitrogen and oxygen atoms in total. The molecule has 1 N–H and O–H groups in total. The van der Waals surface area contributed by atoms with Gasteiger partial charge in [0.1, 0.15) is 5.82 Å². The number of hydrogen-bond acceptors (Lipinski definition) is 3. The fraction of sp³-hybridized carbons (Fsp3) is 0.824. The van der Waals surface area contributed by atoms with E-state index in [1.54, 1.807) is 0 Å². The molecule has 21 heavy (non-hydrogen) atoms. The standard InChI is InChI=1S/C17H32N4/c1-5-17(4,21-11-8-9-12-21)15(18-6-2)14-16-19-10-13-20(16)7-3/h10,13,15,18H,5-9,11-12,14H2,1-4H3. The van der Waals surface area contributed by atoms with Gasteiger partial charge in [0, 0.05) is 36.9 Å². The highest BCUT2D eigenvalue weighted by Crippen LogP contribution is 2.29. The van der Waals surface area contributed by atoms with E-state index in [4.69, 9.17) is 0 Å². The van der Waals surface area contributed by atoms with Crippen molar-refractivity contribution in [2.24, 2.45) is 0 Å². The van der Waals surface area contributed by atoms with E-state index < -0.39 is 0 Å². The molecule has 2 rings (SSSR count). The van der Waals surface area contributed by atoms with E-state index in [1.807, 2.05) is 6.20 Å². The number of aromatic nitrogens is 2. The van der Waals surface area contributed by atoms with E-state index in [-0.39, 0.29) is 5.54 Å². The van der Waals surface area contributed by atoms with Crippen LogP contribution in [0.5, 0.6) is 0 Å². The summed E-state index contributed by atoms with van der Waals surface area (Å²) in [6.07, 6.45) is 8.90. The molecule has 2 atom stereocenters. The third-order valence-electron chi connectivity index (χ3n) is 5.27. The van der Waals surface area contributed by atoms with Gasteiger partial charge in [-0.2, -0.15) is 0 Å². The van der Waals surface area contributed by atoms with Crippen molar-refractivity contribution >= 4 is 0 Å². The zero-order chi connectivity index (χ0) is 15.3. The highest BCUT2D eigenvalue weighted by atomic mass is 15.2. The van der Waals surface area contributed by atoms with Gasteiger partial charge < -0.3 is 9.88 Å². The molecule has 120 valence electrons. The Kier molecular flexibility index (Phi) is 5.82. The van der Waals surface area contributed by atoms with Crippen LogP contribution in [0.25, 0.3) is 0 Å². The maximum Gasteiger partial charge on any atom is 0.110 e. The van der Waals surface area contributed by atoms with Gasteiger partial charge in [-0.15, -0.1) is 0 Å². The molecule has 0 bridgehead atoms. The number of aryl methyl sites for hydroxylation is 1. The molecule has 0 saturated carbocycles. The first kappa shape index (κ1) is 16.5. The summed E-state index contributed by atoms with van der Waals surface area (Å²) in [5.74, 6) is 1.21. The molecule has 1 aliphatic heterocycles. The van der Waals surface area contributed by atoms with Crippen LogP contribution in [0, 0.1) is 0 Å². The zero-order valence-corrected chi connectivity index (χ0v) is 14.2. The molecule has 0 amide bonds. The van der Waals surface area contributed by atoms with Gasteiger partial charge in [0.05, 0.1) is 0 Å². The summed E-state index contributed by atoms with van der Waals surface area (Å²) in [5.41, 5.74) is 0.219. The molecule has 2 unspecified atom stereocenters. The smallest absolute Gasteiger partial charge is 0.110 e. The molecule has 2 heterocycles. The van der Waals surface area contributed by atoms with Gasteiger partial charge in [-0.1, -0.05) is 13.8 Å². The zero-order valence-electron chi connectivity index (χ0n) is 14.2. The van der Waals surface area contributed by atoms with Crippen molar-refractivity contribution in [3.63, 3.8) is 0 Å². The number of imidazole rings is 1. The van der Waals surface area contributed by atoms with Crippen LogP contribution in [0.2, 0.25) is 0 Å². The lowest BCUT2D eigenvalue weighted by molar-refractivity contribution is 0.0835. The molecule has 0 spiro atoms. The number of likely N-dealkylation sites (N-methyl/N-ethyl adjacent to an activating group) is 1. The maximum absolute atomic E-state index is 4.59. The normalized spacial score (nSPS) is 20.6. The Morgan fingerprint density at radius 1 is 1.29 bits per heavy atom. The van der Waals surface area contributed by atoms with Crippen molar-refractivity contribution in [3.05, 3.63) is 18.2 Å². The van der Waals surface area contributed by atoms with Gasteiger partial charge in [-0.05, 0) is 52.7 Å². The van der Waals surface area contributed by atoms with Crippen molar-refractivity contribution < 1.29 is 0 Å². The van der Waals surface area contributed by atoms with E-state index in [2.05, 4.69) is 53.7 Å². The van der Waals surface area contributed by atoms with Crippen LogP contribution in [0.1, 0.15) is 52.8 Å². The summed E-state index contributed by atoms with van der Waals surface area (Å²) in [5, 5.41) is 3.75. The van der Waals surface area contributed by atoms with Crippen molar-refractivity contribution in [2.75, 3.05) is 19.6 Å². The minimum absolute atomic E-state index is 0.219. The number of nitrogens with one attached hydrogen (secondary N) is 1. The van der Waals surface area contributed by atoms with Crippen LogP contribution in [0.4, 0.5) is 0 Å². The Morgan fingerprint density at radius 3 is 2.57 bits per heavy atom. The highest BCUT2D eigenvalue weighted by Gasteiger charge is 2.39. The Bertz CT molecular complexity index is 422. The van der Waals surface area contributed by atoms with E-state index in [0.717, 1.165) is 19.5 Å². The summed E-state index contributed by atoms with van der Waals surface area (Å²) < 4.78 is 2.27. The second-order valence-electron chi connectivity index (χ2n) is 6.35. The second-order valence-corrected chi connectivity index (χ2v) is 6.35. The van der Waals surface area contributed by atoms with Crippen LogP contribution in [-0.4, -0.2) is 45.7 Å². The Balaban J connectivity index is 2.19. The molecule has 0 aliphatic carbocycles. The second kappa shape index (κ2) is 7.41. The number of rotatable bonds is 8. The lowest BCUT2D eigenvalue weighted by atomic mass is 9.85. The van der Waals surface area contributed by atoms with Crippen LogP contribution >= 0.6 is 0 Å². The maximum atomic E-state index is 4.59. The fourth-order valence-corrected chi connectivity index (χ4v) is 3.68. The summed E-state index contributed by atoms with van der Waals surface area (Å²) in [4.78, 5) is 7.28. The third kappa shape index (κ3) is 3.49. The third-order valence-corrected chi connectivity index (χ3v) is 5.27. The van der Waals surface area contributed by atoms with E-state index in [1.165, 1.54) is 38.2 Å². The van der Waals surface area contributed by atoms with Gasteiger partial charge in [0.25, 0.3) is 0 Å². The summed E-state index contributed by atoms with van der Waals surface area (Å²) in [7, 11) is 0. The first-order chi connectivity index (χ1) is 10.2. The molecule has 0 radical (unpaired) electrons. The Morgan fingerprint density at radius 2 is 2.00 bits per heavy atom. The molecule has 4 heteroatoms. The van der Waals surface area contributed by atoms with Crippen LogP contribution < -0.4 is 5.32 Å². The fourth-order valence-electron chi connectivity index (χ4n) is 3.68. The molecule has 1 aromatic heterocycles. The molecular formula is C17H32N4. The van der Waals surface area contributed by atoms with E-state index in [9.17, 15) is 0 Å². The first-order valence-corrected chi connectivity index (χ1v) is 8.64. The van der Waals surface area contributed by atoms with Gasteiger partial charge in [0.2, 0.25) is 0 Å². The minimum Gasteiger partial charge on any atom is -0.335 e. The quantitative estimate of drug-likeness (QED) is 0.800. The van der Waals surface area contributed by atoms with E-state index >= 15 is 0 Å². The van der Waals surface area contributed by atoms with Crippen molar-refractivity contribution in [1.29, 1.82) is 0 Å². The van der Waals surface area contributed by atoms with Crippen LogP contribution in [0.15, 0.2) is 12.4 Å². The average molecular weight is 292 g/mol. The predicted octanol–water partition coefficient (Wildman–Crippen LogP) is 2.69. The SMILES string of the molecule is CCNC(Cc1nccn1CC)C(C)(CC)N1CCCC1. The lowest BCUT2D eigenvalue weighted by Gasteiger charge is -2.45. The Labute approximate surface area is 129 Å². The number of nitrogens with zero attached hydrogens (tertiary/aromatic N) is 3. The molecule has 1 aliphatic rings. The summed E-state index contributed by atoms with van der Waals surface area (Å²) >= 11 is 0.